The molecule has 2 aliphatic heterocycles. The summed E-state index contributed by atoms with van der Waals surface area (Å²) in [7, 11) is 0. The van der Waals surface area contributed by atoms with Crippen LogP contribution in [0.25, 0.3) is 0 Å². The Kier molecular flexibility index (Phi) is 6.04. The Morgan fingerprint density at radius 3 is 2.36 bits per heavy atom. The number of piperidine rings is 1. The van der Waals surface area contributed by atoms with Crippen molar-refractivity contribution in [3.8, 4) is 0 Å². The number of hydrogen-bond acceptors (Lipinski definition) is 4. The molecular formula is C22H33N3O3. The van der Waals surface area contributed by atoms with Crippen LogP contribution in [0, 0.1) is 5.92 Å². The lowest BCUT2D eigenvalue weighted by molar-refractivity contribution is -0.143. The summed E-state index contributed by atoms with van der Waals surface area (Å²) in [6.07, 6.45) is 9.80. The molecule has 2 atom stereocenters. The van der Waals surface area contributed by atoms with Gasteiger partial charge in [-0.2, -0.15) is 0 Å². The van der Waals surface area contributed by atoms with E-state index in [9.17, 15) is 9.59 Å². The molecular weight excluding hydrogens is 354 g/mol. The van der Waals surface area contributed by atoms with Gasteiger partial charge in [-0.05, 0) is 57.1 Å². The Balaban J connectivity index is 1.44. The van der Waals surface area contributed by atoms with E-state index in [2.05, 4.69) is 16.7 Å². The molecule has 0 aromatic carbocycles. The molecule has 0 radical (unpaired) electrons. The van der Waals surface area contributed by atoms with Crippen molar-refractivity contribution in [2.75, 3.05) is 32.7 Å². The average Bonchev–Trinajstić information content (AvgIpc) is 3.43. The minimum Gasteiger partial charge on any atom is -0.459 e. The van der Waals surface area contributed by atoms with Gasteiger partial charge in [0.2, 0.25) is 5.91 Å². The summed E-state index contributed by atoms with van der Waals surface area (Å²) in [6, 6.07) is 3.81. The highest BCUT2D eigenvalue weighted by Gasteiger charge is 2.40. The van der Waals surface area contributed by atoms with E-state index in [0.717, 1.165) is 45.3 Å². The summed E-state index contributed by atoms with van der Waals surface area (Å²) in [6.45, 7) is 5.95. The number of furan rings is 1. The van der Waals surface area contributed by atoms with Crippen molar-refractivity contribution in [2.24, 2.45) is 5.92 Å². The Hall–Kier alpha value is -1.82. The van der Waals surface area contributed by atoms with E-state index in [1.54, 1.807) is 12.1 Å². The first-order chi connectivity index (χ1) is 13.6. The largest absolute Gasteiger partial charge is 0.459 e. The first-order valence-electron chi connectivity index (χ1n) is 11.0. The van der Waals surface area contributed by atoms with Crippen LogP contribution in [0.3, 0.4) is 0 Å². The topological polar surface area (TPSA) is 57.0 Å². The molecule has 1 aromatic heterocycles. The van der Waals surface area contributed by atoms with Gasteiger partial charge in [-0.3, -0.25) is 14.5 Å². The highest BCUT2D eigenvalue weighted by molar-refractivity contribution is 5.91. The van der Waals surface area contributed by atoms with Crippen molar-refractivity contribution in [3.63, 3.8) is 0 Å². The Morgan fingerprint density at radius 2 is 1.71 bits per heavy atom. The van der Waals surface area contributed by atoms with Crippen molar-refractivity contribution >= 4 is 11.8 Å². The van der Waals surface area contributed by atoms with Crippen molar-refractivity contribution < 1.29 is 14.0 Å². The molecule has 2 saturated heterocycles. The summed E-state index contributed by atoms with van der Waals surface area (Å²) in [4.78, 5) is 32.5. The van der Waals surface area contributed by atoms with Gasteiger partial charge in [0.15, 0.2) is 5.76 Å². The lowest BCUT2D eigenvalue weighted by Gasteiger charge is -2.44. The van der Waals surface area contributed by atoms with Crippen LogP contribution in [0.4, 0.5) is 0 Å². The number of carbonyl (C=O) groups is 2. The van der Waals surface area contributed by atoms with E-state index in [0.29, 0.717) is 36.7 Å². The van der Waals surface area contributed by atoms with Gasteiger partial charge in [-0.1, -0.05) is 12.8 Å². The van der Waals surface area contributed by atoms with E-state index >= 15 is 0 Å². The number of rotatable bonds is 4. The fourth-order valence-electron chi connectivity index (χ4n) is 5.28. The fraction of sp³-hybridized carbons (Fsp3) is 0.727. The highest BCUT2D eigenvalue weighted by Crippen LogP contribution is 2.33. The number of piperazine rings is 1. The predicted molar refractivity (Wildman–Crippen MR) is 107 cm³/mol. The van der Waals surface area contributed by atoms with Crippen molar-refractivity contribution in [1.82, 2.24) is 14.7 Å². The average molecular weight is 388 g/mol. The number of carbonyl (C=O) groups excluding carboxylic acids is 2. The quantitative estimate of drug-likeness (QED) is 0.797. The van der Waals surface area contributed by atoms with Crippen LogP contribution in [0.1, 0.15) is 62.4 Å². The zero-order chi connectivity index (χ0) is 19.5. The third kappa shape index (κ3) is 3.97. The van der Waals surface area contributed by atoms with Crippen LogP contribution in [-0.2, 0) is 4.79 Å². The Bertz CT molecular complexity index is 661. The molecule has 154 valence electrons. The first kappa shape index (κ1) is 19.5. The zero-order valence-electron chi connectivity index (χ0n) is 17.0. The molecule has 1 aliphatic carbocycles. The second-order valence-corrected chi connectivity index (χ2v) is 8.67. The highest BCUT2D eigenvalue weighted by atomic mass is 16.3. The Labute approximate surface area is 167 Å². The molecule has 4 rings (SSSR count). The monoisotopic (exact) mass is 387 g/mol. The number of likely N-dealkylation sites (tertiary alicyclic amines) is 1. The van der Waals surface area contributed by atoms with Crippen molar-refractivity contribution in [3.05, 3.63) is 24.2 Å². The summed E-state index contributed by atoms with van der Waals surface area (Å²) in [5.41, 5.74) is 0. The normalized spacial score (nSPS) is 25.8. The molecule has 1 aromatic rings. The summed E-state index contributed by atoms with van der Waals surface area (Å²) in [5, 5.41) is 0. The van der Waals surface area contributed by atoms with Crippen molar-refractivity contribution in [1.29, 1.82) is 0 Å². The maximum absolute atomic E-state index is 13.6. The third-order valence-electron chi connectivity index (χ3n) is 6.91. The maximum atomic E-state index is 13.6. The van der Waals surface area contributed by atoms with Crippen LogP contribution < -0.4 is 0 Å². The molecule has 28 heavy (non-hydrogen) atoms. The van der Waals surface area contributed by atoms with E-state index in [-0.39, 0.29) is 11.9 Å². The van der Waals surface area contributed by atoms with E-state index < -0.39 is 0 Å². The van der Waals surface area contributed by atoms with Crippen LogP contribution in [0.15, 0.2) is 22.8 Å². The molecule has 6 nitrogen and oxygen atoms in total. The van der Waals surface area contributed by atoms with Crippen molar-refractivity contribution in [2.45, 2.75) is 64.0 Å². The van der Waals surface area contributed by atoms with Gasteiger partial charge in [-0.15, -0.1) is 0 Å². The minimum absolute atomic E-state index is 0.0103. The van der Waals surface area contributed by atoms with E-state index in [1.165, 1.54) is 25.5 Å². The SMILES string of the molecule is C[C@H]1CCCCN1C(=O)[C@H](C1CCCC1)N1CCN(C(=O)c2ccco2)CC1. The summed E-state index contributed by atoms with van der Waals surface area (Å²) in [5.74, 6) is 1.16. The molecule has 6 heteroatoms. The second-order valence-electron chi connectivity index (χ2n) is 8.67. The molecule has 3 heterocycles. The van der Waals surface area contributed by atoms with E-state index in [1.807, 2.05) is 4.90 Å². The molecule has 2 amide bonds. The van der Waals surface area contributed by atoms with Crippen LogP contribution in [0.5, 0.6) is 0 Å². The van der Waals surface area contributed by atoms with Gasteiger partial charge >= 0.3 is 0 Å². The molecule has 3 fully saturated rings. The van der Waals surface area contributed by atoms with Gasteiger partial charge in [0, 0.05) is 38.8 Å². The van der Waals surface area contributed by atoms with E-state index in [4.69, 9.17) is 4.42 Å². The number of amides is 2. The third-order valence-corrected chi connectivity index (χ3v) is 6.91. The lowest BCUT2D eigenvalue weighted by atomic mass is 9.92. The molecule has 1 saturated carbocycles. The minimum atomic E-state index is -0.0435. The maximum Gasteiger partial charge on any atom is 0.289 e. The smallest absolute Gasteiger partial charge is 0.289 e. The molecule has 0 bridgehead atoms. The number of hydrogen-bond donors (Lipinski definition) is 0. The van der Waals surface area contributed by atoms with Gasteiger partial charge in [0.1, 0.15) is 0 Å². The second kappa shape index (κ2) is 8.68. The molecule has 0 spiro atoms. The van der Waals surface area contributed by atoms with Crippen LogP contribution in [0.2, 0.25) is 0 Å². The van der Waals surface area contributed by atoms with Gasteiger partial charge in [-0.25, -0.2) is 0 Å². The number of nitrogens with zero attached hydrogens (tertiary/aromatic N) is 3. The molecule has 3 aliphatic rings. The molecule has 0 N–H and O–H groups in total. The zero-order valence-corrected chi connectivity index (χ0v) is 17.0. The Morgan fingerprint density at radius 1 is 1.00 bits per heavy atom. The lowest BCUT2D eigenvalue weighted by Crippen LogP contribution is -2.60. The molecule has 0 unspecified atom stereocenters. The first-order valence-corrected chi connectivity index (χ1v) is 11.0. The summed E-state index contributed by atoms with van der Waals surface area (Å²) < 4.78 is 5.27. The van der Waals surface area contributed by atoms with Gasteiger partial charge in [0.25, 0.3) is 5.91 Å². The predicted octanol–water partition coefficient (Wildman–Crippen LogP) is 3.00. The fourth-order valence-corrected chi connectivity index (χ4v) is 5.28. The van der Waals surface area contributed by atoms with Gasteiger partial charge < -0.3 is 14.2 Å². The standard InChI is InChI=1S/C22H33N3O3/c1-17-7-4-5-11-25(17)22(27)20(18-8-2-3-9-18)23-12-14-24(15-13-23)21(26)19-10-6-16-28-19/h6,10,16-18,20H,2-5,7-9,11-15H2,1H3/t17-,20-/m0/s1. The van der Waals surface area contributed by atoms with Crippen LogP contribution in [-0.4, -0.2) is 71.3 Å². The van der Waals surface area contributed by atoms with Gasteiger partial charge in [0.05, 0.1) is 12.3 Å². The summed E-state index contributed by atoms with van der Waals surface area (Å²) >= 11 is 0. The van der Waals surface area contributed by atoms with Crippen LogP contribution >= 0.6 is 0 Å².